The van der Waals surface area contributed by atoms with E-state index in [0.717, 1.165) is 6.26 Å². The molecule has 2 amide bonds. The van der Waals surface area contributed by atoms with Crippen molar-refractivity contribution in [1.29, 1.82) is 0 Å². The van der Waals surface area contributed by atoms with Gasteiger partial charge in [0, 0.05) is 12.8 Å². The van der Waals surface area contributed by atoms with Gasteiger partial charge in [-0.05, 0) is 0 Å². The second-order valence-electron chi connectivity index (χ2n) is 3.12. The first-order chi connectivity index (χ1) is 7.22. The van der Waals surface area contributed by atoms with Crippen LogP contribution in [-0.2, 0) is 14.6 Å². The highest BCUT2D eigenvalue weighted by Gasteiger charge is 2.13. The fraction of sp³-hybridized carbons (Fsp3) is 0.714. The number of carboxylic acids is 1. The summed E-state index contributed by atoms with van der Waals surface area (Å²) in [6, 6.07) is -0.732. The van der Waals surface area contributed by atoms with E-state index in [9.17, 15) is 18.0 Å². The molecule has 0 saturated carbocycles. The SMILES string of the molecule is CS(=O)(=O)CCNC(=O)NCC(O)C(=O)O. The van der Waals surface area contributed by atoms with Gasteiger partial charge in [-0.2, -0.15) is 0 Å². The zero-order valence-electron chi connectivity index (χ0n) is 8.63. The number of urea groups is 1. The molecule has 1 atom stereocenters. The highest BCUT2D eigenvalue weighted by molar-refractivity contribution is 7.90. The van der Waals surface area contributed by atoms with Gasteiger partial charge in [0.05, 0.1) is 12.3 Å². The quantitative estimate of drug-likeness (QED) is 0.424. The molecule has 1 unspecified atom stereocenters. The predicted octanol–water partition coefficient (Wildman–Crippen LogP) is -2.22. The summed E-state index contributed by atoms with van der Waals surface area (Å²) >= 11 is 0. The van der Waals surface area contributed by atoms with Crippen molar-refractivity contribution in [1.82, 2.24) is 10.6 Å². The third kappa shape index (κ3) is 8.00. The number of carboxylic acid groups (broad SMARTS) is 1. The summed E-state index contributed by atoms with van der Waals surface area (Å²) in [5, 5.41) is 21.3. The molecule has 0 bridgehead atoms. The lowest BCUT2D eigenvalue weighted by Gasteiger charge is -2.08. The third-order valence-electron chi connectivity index (χ3n) is 1.50. The van der Waals surface area contributed by atoms with Crippen molar-refractivity contribution in [2.75, 3.05) is 25.1 Å². The van der Waals surface area contributed by atoms with E-state index in [1.165, 1.54) is 0 Å². The number of aliphatic carboxylic acids is 1. The molecule has 0 saturated heterocycles. The van der Waals surface area contributed by atoms with Gasteiger partial charge in [0.1, 0.15) is 9.84 Å². The Labute approximate surface area is 92.6 Å². The third-order valence-corrected chi connectivity index (χ3v) is 2.45. The summed E-state index contributed by atoms with van der Waals surface area (Å²) in [6.45, 7) is -0.520. The van der Waals surface area contributed by atoms with E-state index in [-0.39, 0.29) is 12.3 Å². The van der Waals surface area contributed by atoms with Gasteiger partial charge < -0.3 is 20.8 Å². The lowest BCUT2D eigenvalue weighted by Crippen LogP contribution is -2.43. The Balaban J connectivity index is 3.72. The first kappa shape index (κ1) is 14.6. The number of carbonyl (C=O) groups is 2. The Morgan fingerprint density at radius 1 is 1.31 bits per heavy atom. The number of rotatable bonds is 6. The van der Waals surface area contributed by atoms with E-state index < -0.39 is 34.5 Å². The Kier molecular flexibility index (Phi) is 5.75. The van der Waals surface area contributed by atoms with Gasteiger partial charge in [0.25, 0.3) is 0 Å². The largest absolute Gasteiger partial charge is 0.479 e. The second kappa shape index (κ2) is 6.28. The number of nitrogens with one attached hydrogen (secondary N) is 2. The van der Waals surface area contributed by atoms with Crippen LogP contribution in [0.4, 0.5) is 4.79 Å². The van der Waals surface area contributed by atoms with Crippen molar-refractivity contribution in [3.8, 4) is 0 Å². The van der Waals surface area contributed by atoms with Gasteiger partial charge in [0.15, 0.2) is 6.10 Å². The smallest absolute Gasteiger partial charge is 0.334 e. The molecule has 0 heterocycles. The average Bonchev–Trinajstić information content (AvgIpc) is 2.11. The predicted molar refractivity (Wildman–Crippen MR) is 54.8 cm³/mol. The van der Waals surface area contributed by atoms with Crippen molar-refractivity contribution in [3.05, 3.63) is 0 Å². The van der Waals surface area contributed by atoms with E-state index in [0.29, 0.717) is 0 Å². The van der Waals surface area contributed by atoms with Gasteiger partial charge in [-0.25, -0.2) is 18.0 Å². The van der Waals surface area contributed by atoms with Crippen molar-refractivity contribution in [2.45, 2.75) is 6.10 Å². The number of amides is 2. The molecule has 0 aliphatic heterocycles. The molecule has 0 rings (SSSR count). The summed E-state index contributed by atoms with van der Waals surface area (Å²) in [7, 11) is -3.15. The molecule has 0 spiro atoms. The molecule has 0 aromatic carbocycles. The number of aliphatic hydroxyl groups is 1. The molecule has 16 heavy (non-hydrogen) atoms. The van der Waals surface area contributed by atoms with Crippen LogP contribution in [0.25, 0.3) is 0 Å². The van der Waals surface area contributed by atoms with Gasteiger partial charge in [0.2, 0.25) is 0 Å². The minimum Gasteiger partial charge on any atom is -0.479 e. The lowest BCUT2D eigenvalue weighted by molar-refractivity contribution is -0.146. The zero-order chi connectivity index (χ0) is 12.8. The summed E-state index contributed by atoms with van der Waals surface area (Å²) in [6.07, 6.45) is -0.651. The molecule has 0 aliphatic rings. The minimum atomic E-state index is -3.15. The Hall–Kier alpha value is -1.35. The molecular formula is C7H14N2O6S. The second-order valence-corrected chi connectivity index (χ2v) is 5.38. The molecular weight excluding hydrogens is 240 g/mol. The van der Waals surface area contributed by atoms with Crippen LogP contribution in [0.1, 0.15) is 0 Å². The highest BCUT2D eigenvalue weighted by Crippen LogP contribution is 1.81. The van der Waals surface area contributed by atoms with Gasteiger partial charge in [-0.1, -0.05) is 0 Å². The maximum atomic E-state index is 10.9. The van der Waals surface area contributed by atoms with Crippen LogP contribution in [0.3, 0.4) is 0 Å². The van der Waals surface area contributed by atoms with E-state index in [1.54, 1.807) is 0 Å². The normalized spacial score (nSPS) is 12.9. The number of hydrogen-bond donors (Lipinski definition) is 4. The first-order valence-electron chi connectivity index (χ1n) is 4.32. The van der Waals surface area contributed by atoms with E-state index >= 15 is 0 Å². The fourth-order valence-corrected chi connectivity index (χ4v) is 1.16. The standard InChI is InChI=1S/C7H14N2O6S/c1-16(14,15)3-2-8-7(13)9-4-5(10)6(11)12/h5,10H,2-4H2,1H3,(H,11,12)(H2,8,9,13). The van der Waals surface area contributed by atoms with E-state index in [4.69, 9.17) is 10.2 Å². The summed E-state index contributed by atoms with van der Waals surface area (Å²) in [5.41, 5.74) is 0. The van der Waals surface area contributed by atoms with Crippen LogP contribution in [0.5, 0.6) is 0 Å². The van der Waals surface area contributed by atoms with Crippen LogP contribution in [-0.4, -0.2) is 61.8 Å². The van der Waals surface area contributed by atoms with Crippen LogP contribution < -0.4 is 10.6 Å². The Morgan fingerprint density at radius 3 is 2.31 bits per heavy atom. The van der Waals surface area contributed by atoms with E-state index in [1.807, 2.05) is 0 Å². The van der Waals surface area contributed by atoms with Crippen LogP contribution >= 0.6 is 0 Å². The summed E-state index contributed by atoms with van der Waals surface area (Å²) in [4.78, 5) is 21.1. The molecule has 0 aliphatic carbocycles. The van der Waals surface area contributed by atoms with Crippen LogP contribution in [0, 0.1) is 0 Å². The lowest BCUT2D eigenvalue weighted by atomic mass is 10.4. The van der Waals surface area contributed by atoms with Gasteiger partial charge in [-0.3, -0.25) is 0 Å². The molecule has 0 aromatic rings. The molecule has 0 radical (unpaired) electrons. The first-order valence-corrected chi connectivity index (χ1v) is 6.38. The Bertz CT molecular complexity index is 352. The van der Waals surface area contributed by atoms with Crippen molar-refractivity contribution >= 4 is 21.8 Å². The zero-order valence-corrected chi connectivity index (χ0v) is 9.45. The monoisotopic (exact) mass is 254 g/mol. The number of sulfone groups is 1. The molecule has 8 nitrogen and oxygen atoms in total. The molecule has 94 valence electrons. The fourth-order valence-electron chi connectivity index (χ4n) is 0.689. The van der Waals surface area contributed by atoms with Crippen molar-refractivity contribution in [2.24, 2.45) is 0 Å². The van der Waals surface area contributed by atoms with E-state index in [2.05, 4.69) is 10.6 Å². The molecule has 0 fully saturated rings. The molecule has 9 heteroatoms. The van der Waals surface area contributed by atoms with Crippen molar-refractivity contribution in [3.63, 3.8) is 0 Å². The average molecular weight is 254 g/mol. The summed E-state index contributed by atoms with van der Waals surface area (Å²) < 4.78 is 21.4. The van der Waals surface area contributed by atoms with Gasteiger partial charge in [-0.15, -0.1) is 0 Å². The molecule has 4 N–H and O–H groups in total. The van der Waals surface area contributed by atoms with Crippen LogP contribution in [0.15, 0.2) is 0 Å². The topological polar surface area (TPSA) is 133 Å². The van der Waals surface area contributed by atoms with Gasteiger partial charge >= 0.3 is 12.0 Å². The molecule has 0 aromatic heterocycles. The number of carbonyl (C=O) groups excluding carboxylic acids is 1. The summed E-state index contributed by atoms with van der Waals surface area (Å²) in [5.74, 6) is -1.65. The Morgan fingerprint density at radius 2 is 1.88 bits per heavy atom. The maximum absolute atomic E-state index is 10.9. The van der Waals surface area contributed by atoms with Crippen LogP contribution in [0.2, 0.25) is 0 Å². The number of hydrogen-bond acceptors (Lipinski definition) is 5. The number of aliphatic hydroxyl groups excluding tert-OH is 1. The maximum Gasteiger partial charge on any atom is 0.334 e. The highest BCUT2D eigenvalue weighted by atomic mass is 32.2. The van der Waals surface area contributed by atoms with Crippen molar-refractivity contribution < 1.29 is 28.2 Å². The minimum absolute atomic E-state index is 0.0756.